The fourth-order valence-electron chi connectivity index (χ4n) is 0.500. The molecule has 0 unspecified atom stereocenters. The van der Waals surface area contributed by atoms with Gasteiger partial charge in [0.2, 0.25) is 0 Å². The predicted molar refractivity (Wildman–Crippen MR) is 50.3 cm³/mol. The Morgan fingerprint density at radius 1 is 1.00 bits per heavy atom. The molecule has 0 heterocycles. The smallest absolute Gasteiger partial charge is 0.0382 e. The Labute approximate surface area is 66.3 Å². The fourth-order valence-corrected chi connectivity index (χ4v) is 0.500. The number of rotatable bonds is 4. The van der Waals surface area contributed by atoms with E-state index in [2.05, 4.69) is 27.4 Å². The molecule has 0 saturated heterocycles. The highest BCUT2D eigenvalue weighted by Gasteiger charge is 1.75. The lowest BCUT2D eigenvalue weighted by atomic mass is 10.2. The molecule has 10 heavy (non-hydrogen) atoms. The zero-order chi connectivity index (χ0) is 8.24. The topological polar surface area (TPSA) is 0 Å². The van der Waals surface area contributed by atoms with Crippen molar-refractivity contribution in [3.63, 3.8) is 0 Å². The summed E-state index contributed by atoms with van der Waals surface area (Å²) in [6, 6.07) is 0. The van der Waals surface area contributed by atoms with E-state index in [1.54, 1.807) is 0 Å². The molecule has 0 aromatic rings. The summed E-state index contributed by atoms with van der Waals surface area (Å²) >= 11 is 0. The molecule has 0 N–H and O–H groups in total. The molecule has 0 amide bonds. The van der Waals surface area contributed by atoms with Gasteiger partial charge in [0.25, 0.3) is 0 Å². The predicted octanol–water partition coefficient (Wildman–Crippen LogP) is 4.17. The first-order valence-corrected chi connectivity index (χ1v) is 4.44. The molecule has 0 nitrogen and oxygen atoms in total. The van der Waals surface area contributed by atoms with Crippen LogP contribution in [0.3, 0.4) is 0 Å². The minimum atomic E-state index is 1.08. The number of hydrogen-bond donors (Lipinski definition) is 0. The van der Waals surface area contributed by atoms with Crippen molar-refractivity contribution in [2.75, 3.05) is 0 Å². The fraction of sp³-hybridized carbons (Fsp3) is 0.800. The van der Waals surface area contributed by atoms with Crippen LogP contribution in [0.5, 0.6) is 0 Å². The summed E-state index contributed by atoms with van der Waals surface area (Å²) < 4.78 is 0. The van der Waals surface area contributed by atoms with Crippen molar-refractivity contribution in [1.29, 1.82) is 0 Å². The second-order valence-electron chi connectivity index (χ2n) is 2.40. The van der Waals surface area contributed by atoms with Gasteiger partial charge in [-0.25, -0.2) is 0 Å². The van der Waals surface area contributed by atoms with Crippen LogP contribution in [0.15, 0.2) is 12.7 Å². The van der Waals surface area contributed by atoms with E-state index in [0.29, 0.717) is 0 Å². The van der Waals surface area contributed by atoms with Crippen molar-refractivity contribution in [2.24, 2.45) is 0 Å². The van der Waals surface area contributed by atoms with Gasteiger partial charge in [-0.05, 0) is 6.42 Å². The molecule has 0 aliphatic heterocycles. The Morgan fingerprint density at radius 3 is 1.40 bits per heavy atom. The number of unbranched alkanes of at least 4 members (excludes halogenated alkanes) is 3. The number of allylic oxidation sites excluding steroid dienone is 1. The standard InChI is InChI=1S/C6H14.C4H8/c1-3-5-6-4-2;1-3-4-2/h3-6H2,1-2H3;3H,1,4H2,2H3. The van der Waals surface area contributed by atoms with E-state index in [-0.39, 0.29) is 0 Å². The van der Waals surface area contributed by atoms with Crippen molar-refractivity contribution in [1.82, 2.24) is 0 Å². The zero-order valence-electron chi connectivity index (χ0n) is 7.82. The molecule has 0 aromatic carbocycles. The van der Waals surface area contributed by atoms with E-state index >= 15 is 0 Å². The Morgan fingerprint density at radius 2 is 1.30 bits per heavy atom. The summed E-state index contributed by atoms with van der Waals surface area (Å²) in [6.07, 6.45) is 8.49. The van der Waals surface area contributed by atoms with Gasteiger partial charge >= 0.3 is 0 Å². The first kappa shape index (κ1) is 12.4. The van der Waals surface area contributed by atoms with Gasteiger partial charge in [-0.1, -0.05) is 52.5 Å². The van der Waals surface area contributed by atoms with Crippen LogP contribution in [0.25, 0.3) is 0 Å². The third kappa shape index (κ3) is 25.1. The molecule has 0 heteroatoms. The molecule has 0 aromatic heterocycles. The molecule has 0 atom stereocenters. The van der Waals surface area contributed by atoms with Crippen molar-refractivity contribution < 1.29 is 0 Å². The minimum Gasteiger partial charge on any atom is -0.103 e. The highest BCUT2D eigenvalue weighted by atomic mass is 13.8. The number of hydrogen-bond acceptors (Lipinski definition) is 0. The molecule has 0 fully saturated rings. The van der Waals surface area contributed by atoms with Crippen LogP contribution in [-0.4, -0.2) is 0 Å². The summed E-state index contributed by atoms with van der Waals surface area (Å²) in [5.41, 5.74) is 0. The van der Waals surface area contributed by atoms with E-state index in [1.807, 2.05) is 6.08 Å². The van der Waals surface area contributed by atoms with Gasteiger partial charge in [0, 0.05) is 0 Å². The summed E-state index contributed by atoms with van der Waals surface area (Å²) in [5.74, 6) is 0. The maximum atomic E-state index is 3.48. The third-order valence-corrected chi connectivity index (χ3v) is 1.25. The van der Waals surface area contributed by atoms with Gasteiger partial charge in [-0.15, -0.1) is 6.58 Å². The molecular weight excluding hydrogens is 120 g/mol. The van der Waals surface area contributed by atoms with Gasteiger partial charge in [0.15, 0.2) is 0 Å². The maximum absolute atomic E-state index is 3.48. The Balaban J connectivity index is 0. The van der Waals surface area contributed by atoms with Gasteiger partial charge in [-0.2, -0.15) is 0 Å². The maximum Gasteiger partial charge on any atom is -0.0382 e. The van der Waals surface area contributed by atoms with Crippen LogP contribution in [-0.2, 0) is 0 Å². The van der Waals surface area contributed by atoms with Gasteiger partial charge < -0.3 is 0 Å². The summed E-state index contributed by atoms with van der Waals surface area (Å²) in [7, 11) is 0. The first-order valence-electron chi connectivity index (χ1n) is 4.44. The monoisotopic (exact) mass is 142 g/mol. The Hall–Kier alpha value is -0.260. The van der Waals surface area contributed by atoms with Gasteiger partial charge in [0.1, 0.15) is 0 Å². The van der Waals surface area contributed by atoms with Gasteiger partial charge in [-0.3, -0.25) is 0 Å². The van der Waals surface area contributed by atoms with E-state index in [9.17, 15) is 0 Å². The lowest BCUT2D eigenvalue weighted by Crippen LogP contribution is -1.66. The lowest BCUT2D eigenvalue weighted by molar-refractivity contribution is 0.702. The molecule has 0 aliphatic carbocycles. The average molecular weight is 142 g/mol. The molecule has 0 bridgehead atoms. The van der Waals surface area contributed by atoms with Crippen LogP contribution in [0.2, 0.25) is 0 Å². The van der Waals surface area contributed by atoms with Crippen LogP contribution in [0, 0.1) is 0 Å². The molecule has 0 rings (SSSR count). The van der Waals surface area contributed by atoms with E-state index in [1.165, 1.54) is 25.7 Å². The summed E-state index contributed by atoms with van der Waals surface area (Å²) in [6.45, 7) is 10.0. The average Bonchev–Trinajstić information content (AvgIpc) is 2.01. The van der Waals surface area contributed by atoms with Gasteiger partial charge in [0.05, 0.1) is 0 Å². The van der Waals surface area contributed by atoms with Crippen molar-refractivity contribution in [2.45, 2.75) is 52.9 Å². The SMILES string of the molecule is C=CCC.CCCCCC. The molecule has 0 spiro atoms. The van der Waals surface area contributed by atoms with Crippen LogP contribution in [0.1, 0.15) is 52.9 Å². The van der Waals surface area contributed by atoms with E-state index in [0.717, 1.165) is 6.42 Å². The molecule has 0 saturated carbocycles. The zero-order valence-corrected chi connectivity index (χ0v) is 7.82. The highest BCUT2D eigenvalue weighted by molar-refractivity contribution is 4.60. The lowest BCUT2D eigenvalue weighted by Gasteiger charge is -1.86. The molecule has 0 aliphatic rings. The second kappa shape index (κ2) is 15.9. The van der Waals surface area contributed by atoms with Crippen LogP contribution >= 0.6 is 0 Å². The van der Waals surface area contributed by atoms with E-state index < -0.39 is 0 Å². The van der Waals surface area contributed by atoms with Crippen molar-refractivity contribution >= 4 is 0 Å². The van der Waals surface area contributed by atoms with Crippen molar-refractivity contribution in [3.05, 3.63) is 12.7 Å². The Bertz CT molecular complexity index is 42.0. The second-order valence-corrected chi connectivity index (χ2v) is 2.40. The largest absolute Gasteiger partial charge is 0.103 e. The molecule has 62 valence electrons. The highest BCUT2D eigenvalue weighted by Crippen LogP contribution is 1.95. The summed E-state index contributed by atoms with van der Waals surface area (Å²) in [4.78, 5) is 0. The van der Waals surface area contributed by atoms with Crippen LogP contribution in [0.4, 0.5) is 0 Å². The normalized spacial score (nSPS) is 7.90. The van der Waals surface area contributed by atoms with Crippen molar-refractivity contribution in [3.8, 4) is 0 Å². The summed E-state index contributed by atoms with van der Waals surface area (Å²) in [5, 5.41) is 0. The first-order chi connectivity index (χ1) is 4.83. The quantitative estimate of drug-likeness (QED) is 0.408. The third-order valence-electron chi connectivity index (χ3n) is 1.25. The molecular formula is C10H22. The van der Waals surface area contributed by atoms with Crippen LogP contribution < -0.4 is 0 Å². The molecule has 0 radical (unpaired) electrons. The van der Waals surface area contributed by atoms with E-state index in [4.69, 9.17) is 0 Å². The Kier molecular flexibility index (Phi) is 19.7. The minimum absolute atomic E-state index is 1.08.